The minimum atomic E-state index is 0. The molecule has 4 rings (SSSR count). The summed E-state index contributed by atoms with van der Waals surface area (Å²) < 4.78 is 10.8. The number of guanidine groups is 1. The molecule has 2 aliphatic heterocycles. The first-order valence-corrected chi connectivity index (χ1v) is 11.0. The van der Waals surface area contributed by atoms with Gasteiger partial charge >= 0.3 is 0 Å². The number of fused-ring (bicyclic) bond motifs is 1. The molecule has 0 radical (unpaired) electrons. The number of amides is 1. The summed E-state index contributed by atoms with van der Waals surface area (Å²) in [5.41, 5.74) is 3.50. The largest absolute Gasteiger partial charge is 0.454 e. The van der Waals surface area contributed by atoms with Gasteiger partial charge in [0.1, 0.15) is 0 Å². The Bertz CT molecular complexity index is 933. The summed E-state index contributed by atoms with van der Waals surface area (Å²) in [7, 11) is 0. The second-order valence-electron chi connectivity index (χ2n) is 7.79. The Morgan fingerprint density at radius 2 is 1.78 bits per heavy atom. The average Bonchev–Trinajstić information content (AvgIpc) is 3.41. The molecular formula is C24H31IN4O3. The van der Waals surface area contributed by atoms with Crippen molar-refractivity contribution in [1.29, 1.82) is 0 Å². The number of carbonyl (C=O) groups is 1. The molecule has 1 saturated heterocycles. The first-order chi connectivity index (χ1) is 15.2. The van der Waals surface area contributed by atoms with Crippen molar-refractivity contribution in [3.8, 4) is 11.5 Å². The van der Waals surface area contributed by atoms with E-state index in [1.165, 1.54) is 5.56 Å². The molecule has 2 aliphatic rings. The van der Waals surface area contributed by atoms with E-state index in [2.05, 4.69) is 47.9 Å². The van der Waals surface area contributed by atoms with Gasteiger partial charge in [-0.2, -0.15) is 0 Å². The first-order valence-electron chi connectivity index (χ1n) is 11.0. The minimum Gasteiger partial charge on any atom is -0.454 e. The number of nitrogens with one attached hydrogen (secondary N) is 2. The van der Waals surface area contributed by atoms with Gasteiger partial charge in [0, 0.05) is 32.6 Å². The van der Waals surface area contributed by atoms with Crippen LogP contribution in [0.1, 0.15) is 36.5 Å². The molecule has 0 aromatic heterocycles. The standard InChI is InChI=1S/C24H30N4O3.HI/c1-2-25-24(26-12-11-18-9-10-21-22(14-18)31-17-30-21)27-15-19-5-7-20(8-6-19)16-28-13-3-4-23(28)29;/h5-10,14H,2-4,11-13,15-17H2,1H3,(H2,25,26,27);1H. The number of ether oxygens (including phenoxy) is 2. The van der Waals surface area contributed by atoms with Crippen molar-refractivity contribution in [2.75, 3.05) is 26.4 Å². The summed E-state index contributed by atoms with van der Waals surface area (Å²) in [5, 5.41) is 6.69. The van der Waals surface area contributed by atoms with Crippen LogP contribution >= 0.6 is 24.0 Å². The molecule has 0 spiro atoms. The summed E-state index contributed by atoms with van der Waals surface area (Å²) >= 11 is 0. The van der Waals surface area contributed by atoms with Gasteiger partial charge in [-0.25, -0.2) is 4.99 Å². The van der Waals surface area contributed by atoms with E-state index in [4.69, 9.17) is 14.5 Å². The Balaban J connectivity index is 0.00000289. The van der Waals surface area contributed by atoms with Crippen molar-refractivity contribution in [2.24, 2.45) is 4.99 Å². The van der Waals surface area contributed by atoms with Crippen LogP contribution in [0.25, 0.3) is 0 Å². The van der Waals surface area contributed by atoms with E-state index in [0.717, 1.165) is 61.1 Å². The lowest BCUT2D eigenvalue weighted by Crippen LogP contribution is -2.38. The van der Waals surface area contributed by atoms with Gasteiger partial charge in [0.2, 0.25) is 12.7 Å². The molecule has 0 unspecified atom stereocenters. The molecule has 1 fully saturated rings. The topological polar surface area (TPSA) is 75.2 Å². The first kappa shape index (κ1) is 24.2. The Kier molecular flexibility index (Phi) is 9.01. The zero-order chi connectivity index (χ0) is 21.5. The summed E-state index contributed by atoms with van der Waals surface area (Å²) in [6.07, 6.45) is 2.52. The lowest BCUT2D eigenvalue weighted by atomic mass is 10.1. The van der Waals surface area contributed by atoms with Crippen LogP contribution in [0, 0.1) is 0 Å². The highest BCUT2D eigenvalue weighted by atomic mass is 127. The maximum atomic E-state index is 11.8. The van der Waals surface area contributed by atoms with Crippen molar-refractivity contribution in [3.05, 3.63) is 59.2 Å². The highest BCUT2D eigenvalue weighted by molar-refractivity contribution is 14.0. The number of rotatable bonds is 8. The molecule has 0 aliphatic carbocycles. The minimum absolute atomic E-state index is 0. The van der Waals surface area contributed by atoms with Gasteiger partial charge in [-0.1, -0.05) is 30.3 Å². The summed E-state index contributed by atoms with van der Waals surface area (Å²) in [6, 6.07) is 14.4. The van der Waals surface area contributed by atoms with Crippen molar-refractivity contribution in [3.63, 3.8) is 0 Å². The number of hydrogen-bond acceptors (Lipinski definition) is 4. The lowest BCUT2D eigenvalue weighted by molar-refractivity contribution is -0.128. The fraction of sp³-hybridized carbons (Fsp3) is 0.417. The van der Waals surface area contributed by atoms with Crippen molar-refractivity contribution < 1.29 is 14.3 Å². The molecule has 172 valence electrons. The normalized spacial score (nSPS) is 15.0. The third-order valence-corrected chi connectivity index (χ3v) is 5.47. The molecule has 2 aromatic carbocycles. The average molecular weight is 550 g/mol. The van der Waals surface area contributed by atoms with Crippen molar-refractivity contribution in [2.45, 2.75) is 39.3 Å². The molecule has 1 amide bonds. The van der Waals surface area contributed by atoms with Gasteiger partial charge in [0.15, 0.2) is 17.5 Å². The van der Waals surface area contributed by atoms with Gasteiger partial charge in [0.25, 0.3) is 0 Å². The Labute approximate surface area is 206 Å². The van der Waals surface area contributed by atoms with Crippen LogP contribution in [0.15, 0.2) is 47.5 Å². The Morgan fingerprint density at radius 3 is 2.53 bits per heavy atom. The van der Waals surface area contributed by atoms with Crippen LogP contribution in [0.2, 0.25) is 0 Å². The predicted molar refractivity (Wildman–Crippen MR) is 136 cm³/mol. The zero-order valence-corrected chi connectivity index (χ0v) is 20.8. The van der Waals surface area contributed by atoms with E-state index >= 15 is 0 Å². The van der Waals surface area contributed by atoms with E-state index in [0.29, 0.717) is 26.3 Å². The highest BCUT2D eigenvalue weighted by Crippen LogP contribution is 2.32. The monoisotopic (exact) mass is 550 g/mol. The predicted octanol–water partition coefficient (Wildman–Crippen LogP) is 3.45. The number of nitrogens with zero attached hydrogens (tertiary/aromatic N) is 2. The van der Waals surface area contributed by atoms with E-state index in [-0.39, 0.29) is 29.9 Å². The molecule has 8 heteroatoms. The second-order valence-corrected chi connectivity index (χ2v) is 7.79. The molecule has 0 saturated carbocycles. The van der Waals surface area contributed by atoms with Crippen LogP contribution in [0.4, 0.5) is 0 Å². The highest BCUT2D eigenvalue weighted by Gasteiger charge is 2.19. The van der Waals surface area contributed by atoms with Gasteiger partial charge in [-0.3, -0.25) is 4.79 Å². The quantitative estimate of drug-likeness (QED) is 0.299. The van der Waals surface area contributed by atoms with E-state index in [1.54, 1.807) is 0 Å². The fourth-order valence-electron chi connectivity index (χ4n) is 3.78. The second kappa shape index (κ2) is 11.9. The Hall–Kier alpha value is -2.49. The third kappa shape index (κ3) is 6.51. The van der Waals surface area contributed by atoms with E-state index in [1.807, 2.05) is 17.0 Å². The summed E-state index contributed by atoms with van der Waals surface area (Å²) in [4.78, 5) is 18.4. The maximum Gasteiger partial charge on any atom is 0.231 e. The van der Waals surface area contributed by atoms with Gasteiger partial charge in [0.05, 0.1) is 6.54 Å². The Morgan fingerprint density at radius 1 is 1.03 bits per heavy atom. The molecule has 7 nitrogen and oxygen atoms in total. The molecule has 2 aromatic rings. The van der Waals surface area contributed by atoms with E-state index in [9.17, 15) is 4.79 Å². The number of benzene rings is 2. The number of carbonyl (C=O) groups excluding carboxylic acids is 1. The fourth-order valence-corrected chi connectivity index (χ4v) is 3.78. The molecule has 2 N–H and O–H groups in total. The maximum absolute atomic E-state index is 11.8. The number of likely N-dealkylation sites (tertiary alicyclic amines) is 1. The van der Waals surface area contributed by atoms with Gasteiger partial charge in [-0.15, -0.1) is 24.0 Å². The molecule has 0 bridgehead atoms. The smallest absolute Gasteiger partial charge is 0.231 e. The SMILES string of the molecule is CCNC(=NCc1ccc(CN2CCCC2=O)cc1)NCCc1ccc2c(c1)OCO2.I. The molecule has 2 heterocycles. The third-order valence-electron chi connectivity index (χ3n) is 5.47. The van der Waals surface area contributed by atoms with Crippen molar-refractivity contribution >= 4 is 35.8 Å². The number of halogens is 1. The van der Waals surface area contributed by atoms with Crippen LogP contribution in [-0.2, 0) is 24.3 Å². The van der Waals surface area contributed by atoms with Gasteiger partial charge in [-0.05, 0) is 48.6 Å². The molecular weight excluding hydrogens is 519 g/mol. The van der Waals surface area contributed by atoms with Gasteiger partial charge < -0.3 is 25.0 Å². The number of aliphatic imine (C=N–C) groups is 1. The molecule has 32 heavy (non-hydrogen) atoms. The van der Waals surface area contributed by atoms with Crippen molar-refractivity contribution in [1.82, 2.24) is 15.5 Å². The van der Waals surface area contributed by atoms with Crippen LogP contribution in [0.3, 0.4) is 0 Å². The van der Waals surface area contributed by atoms with E-state index < -0.39 is 0 Å². The summed E-state index contributed by atoms with van der Waals surface area (Å²) in [6.45, 7) is 6.10. The van der Waals surface area contributed by atoms with Crippen LogP contribution < -0.4 is 20.1 Å². The number of hydrogen-bond donors (Lipinski definition) is 2. The van der Waals surface area contributed by atoms with Crippen LogP contribution in [0.5, 0.6) is 11.5 Å². The zero-order valence-electron chi connectivity index (χ0n) is 18.4. The molecule has 0 atom stereocenters. The van der Waals surface area contributed by atoms with Crippen LogP contribution in [-0.4, -0.2) is 43.2 Å². The summed E-state index contributed by atoms with van der Waals surface area (Å²) in [5.74, 6) is 2.69. The lowest BCUT2D eigenvalue weighted by Gasteiger charge is -2.15.